The number of amides is 1. The first kappa shape index (κ1) is 23.9. The van der Waals surface area contributed by atoms with E-state index < -0.39 is 54.8 Å². The fourth-order valence-electron chi connectivity index (χ4n) is 1.50. The summed E-state index contributed by atoms with van der Waals surface area (Å²) in [5.74, 6) is -19.0. The lowest BCUT2D eigenvalue weighted by atomic mass is 10.1. The number of carboxylic acid groups (broad SMARTS) is 1. The molecule has 0 aromatic rings. The fourth-order valence-corrected chi connectivity index (χ4v) is 1.50. The molecular formula is C13H16F7NO5. The maximum Gasteiger partial charge on any atom is 0.460 e. The Morgan fingerprint density at radius 3 is 2.04 bits per heavy atom. The summed E-state index contributed by atoms with van der Waals surface area (Å²) < 4.78 is 92.9. The van der Waals surface area contributed by atoms with Crippen molar-refractivity contribution in [2.24, 2.45) is 0 Å². The third kappa shape index (κ3) is 6.02. The Hall–Kier alpha value is -2.08. The molecule has 0 aliphatic carbocycles. The van der Waals surface area contributed by atoms with Gasteiger partial charge in [0.2, 0.25) is 0 Å². The first-order chi connectivity index (χ1) is 11.7. The molecule has 0 spiro atoms. The maximum absolute atomic E-state index is 13.3. The Balaban J connectivity index is 5.31. The summed E-state index contributed by atoms with van der Waals surface area (Å²) >= 11 is 0. The molecule has 6 nitrogen and oxygen atoms in total. The van der Waals surface area contributed by atoms with Crippen LogP contribution in [-0.4, -0.2) is 53.6 Å². The Morgan fingerprint density at radius 1 is 1.08 bits per heavy atom. The molecular weight excluding hydrogens is 383 g/mol. The van der Waals surface area contributed by atoms with Crippen LogP contribution >= 0.6 is 0 Å². The minimum absolute atomic E-state index is 0.246. The highest BCUT2D eigenvalue weighted by atomic mass is 19.4. The first-order valence-electron chi connectivity index (χ1n) is 7.20. The fraction of sp³-hybridized carbons (Fsp3) is 0.769. The van der Waals surface area contributed by atoms with Crippen molar-refractivity contribution in [3.05, 3.63) is 0 Å². The van der Waals surface area contributed by atoms with Crippen LogP contribution in [-0.2, 0) is 19.1 Å². The summed E-state index contributed by atoms with van der Waals surface area (Å²) in [4.78, 5) is 33.4. The number of ether oxygens (including phenoxy) is 1. The van der Waals surface area contributed by atoms with E-state index in [0.717, 1.165) is 5.32 Å². The van der Waals surface area contributed by atoms with Crippen LogP contribution in [0.15, 0.2) is 0 Å². The zero-order chi connectivity index (χ0) is 20.8. The van der Waals surface area contributed by atoms with Crippen molar-refractivity contribution < 1.29 is 55.0 Å². The topological polar surface area (TPSA) is 92.7 Å². The molecule has 0 rings (SSSR count). The standard InChI is InChI=1S/C13H16F7NO5/c1-2-3-6-26-9(24)7(4-5-8(22)23)21-10(25)11(14,15)12(16,17)13(18,19)20/h7H,2-6H2,1H3,(H,21,25)(H,22,23)/t7-/m0/s1. The Bertz CT molecular complexity index is 522. The Labute approximate surface area is 142 Å². The molecule has 0 radical (unpaired) electrons. The third-order valence-electron chi connectivity index (χ3n) is 3.01. The molecule has 26 heavy (non-hydrogen) atoms. The highest BCUT2D eigenvalue weighted by Gasteiger charge is 2.76. The molecule has 0 saturated heterocycles. The lowest BCUT2D eigenvalue weighted by Crippen LogP contribution is -2.61. The number of carbonyl (C=O) groups excluding carboxylic acids is 2. The van der Waals surface area contributed by atoms with E-state index in [1.807, 2.05) is 0 Å². The molecule has 1 amide bonds. The third-order valence-corrected chi connectivity index (χ3v) is 3.01. The van der Waals surface area contributed by atoms with Crippen molar-refractivity contribution in [1.82, 2.24) is 5.32 Å². The van der Waals surface area contributed by atoms with Crippen LogP contribution in [0.3, 0.4) is 0 Å². The number of carboxylic acids is 1. The second-order valence-electron chi connectivity index (χ2n) is 5.13. The van der Waals surface area contributed by atoms with E-state index in [-0.39, 0.29) is 6.61 Å². The van der Waals surface area contributed by atoms with Gasteiger partial charge >= 0.3 is 30.0 Å². The quantitative estimate of drug-likeness (QED) is 0.335. The maximum atomic E-state index is 13.3. The number of alkyl halides is 7. The monoisotopic (exact) mass is 399 g/mol. The predicted molar refractivity (Wildman–Crippen MR) is 70.6 cm³/mol. The second-order valence-corrected chi connectivity index (χ2v) is 5.13. The second kappa shape index (κ2) is 9.03. The van der Waals surface area contributed by atoms with Crippen LogP contribution in [0.4, 0.5) is 30.7 Å². The molecule has 0 fully saturated rings. The van der Waals surface area contributed by atoms with Crippen molar-refractivity contribution in [1.29, 1.82) is 0 Å². The average Bonchev–Trinajstić information content (AvgIpc) is 2.49. The first-order valence-corrected chi connectivity index (χ1v) is 7.20. The van der Waals surface area contributed by atoms with E-state index in [0.29, 0.717) is 12.8 Å². The normalized spacial score (nSPS) is 13.8. The van der Waals surface area contributed by atoms with E-state index in [1.54, 1.807) is 6.92 Å². The van der Waals surface area contributed by atoms with Gasteiger partial charge in [0.15, 0.2) is 0 Å². The van der Waals surface area contributed by atoms with E-state index >= 15 is 0 Å². The molecule has 152 valence electrons. The van der Waals surface area contributed by atoms with Gasteiger partial charge in [-0.25, -0.2) is 4.79 Å². The van der Waals surface area contributed by atoms with Crippen LogP contribution in [0, 0.1) is 0 Å². The molecule has 0 unspecified atom stereocenters. The highest BCUT2D eigenvalue weighted by molar-refractivity contribution is 5.89. The Morgan fingerprint density at radius 2 is 1.62 bits per heavy atom. The highest BCUT2D eigenvalue weighted by Crippen LogP contribution is 2.46. The summed E-state index contributed by atoms with van der Waals surface area (Å²) in [6, 6.07) is -2.13. The smallest absolute Gasteiger partial charge is 0.460 e. The van der Waals surface area contributed by atoms with E-state index in [1.165, 1.54) is 0 Å². The van der Waals surface area contributed by atoms with E-state index in [9.17, 15) is 45.1 Å². The van der Waals surface area contributed by atoms with Gasteiger partial charge in [0, 0.05) is 6.42 Å². The summed E-state index contributed by atoms with van der Waals surface area (Å²) in [5.41, 5.74) is 0. The Kier molecular flexibility index (Phi) is 8.31. The molecule has 1 atom stereocenters. The number of carbonyl (C=O) groups is 3. The zero-order valence-electron chi connectivity index (χ0n) is 13.3. The van der Waals surface area contributed by atoms with Gasteiger partial charge in [-0.15, -0.1) is 0 Å². The summed E-state index contributed by atoms with van der Waals surface area (Å²) in [6.07, 6.45) is -7.59. The van der Waals surface area contributed by atoms with Gasteiger partial charge in [-0.3, -0.25) is 9.59 Å². The minimum Gasteiger partial charge on any atom is -0.481 e. The zero-order valence-corrected chi connectivity index (χ0v) is 13.3. The molecule has 0 aromatic heterocycles. The van der Waals surface area contributed by atoms with E-state index in [2.05, 4.69) is 4.74 Å². The van der Waals surface area contributed by atoms with Crippen LogP contribution in [0.25, 0.3) is 0 Å². The van der Waals surface area contributed by atoms with Gasteiger partial charge in [-0.1, -0.05) is 13.3 Å². The van der Waals surface area contributed by atoms with Crippen LogP contribution in [0.1, 0.15) is 32.6 Å². The molecule has 0 saturated carbocycles. The van der Waals surface area contributed by atoms with Crippen molar-refractivity contribution in [2.45, 2.75) is 56.7 Å². The van der Waals surface area contributed by atoms with Crippen LogP contribution in [0.5, 0.6) is 0 Å². The number of unbranched alkanes of at least 4 members (excludes halogenated alkanes) is 1. The van der Waals surface area contributed by atoms with Gasteiger partial charge in [0.25, 0.3) is 5.91 Å². The SMILES string of the molecule is CCCCOC(=O)[C@H](CCC(=O)O)NC(=O)C(F)(F)C(F)(F)C(F)(F)F. The van der Waals surface area contributed by atoms with Gasteiger partial charge in [-0.05, 0) is 12.8 Å². The van der Waals surface area contributed by atoms with E-state index in [4.69, 9.17) is 5.11 Å². The molecule has 0 bridgehead atoms. The van der Waals surface area contributed by atoms with Crippen molar-refractivity contribution >= 4 is 17.8 Å². The molecule has 0 aliphatic heterocycles. The summed E-state index contributed by atoms with van der Waals surface area (Å²) in [7, 11) is 0. The van der Waals surface area contributed by atoms with Crippen molar-refractivity contribution in [3.8, 4) is 0 Å². The number of halogens is 7. The van der Waals surface area contributed by atoms with Gasteiger partial charge < -0.3 is 15.2 Å². The number of rotatable bonds is 10. The van der Waals surface area contributed by atoms with Crippen LogP contribution in [0.2, 0.25) is 0 Å². The minimum atomic E-state index is -6.73. The van der Waals surface area contributed by atoms with Crippen LogP contribution < -0.4 is 5.32 Å². The largest absolute Gasteiger partial charge is 0.481 e. The molecule has 2 N–H and O–H groups in total. The van der Waals surface area contributed by atoms with Crippen molar-refractivity contribution in [3.63, 3.8) is 0 Å². The molecule has 0 aromatic carbocycles. The van der Waals surface area contributed by atoms with Gasteiger partial charge in [0.1, 0.15) is 6.04 Å². The number of nitrogens with one attached hydrogen (secondary N) is 1. The molecule has 0 heterocycles. The van der Waals surface area contributed by atoms with Gasteiger partial charge in [0.05, 0.1) is 6.61 Å². The number of aliphatic carboxylic acids is 1. The average molecular weight is 399 g/mol. The summed E-state index contributed by atoms with van der Waals surface area (Å²) in [6.45, 7) is 1.45. The predicted octanol–water partition coefficient (Wildman–Crippen LogP) is 2.51. The lowest BCUT2D eigenvalue weighted by Gasteiger charge is -2.28. The van der Waals surface area contributed by atoms with Gasteiger partial charge in [-0.2, -0.15) is 30.7 Å². The molecule has 13 heteroatoms. The number of hydrogen-bond acceptors (Lipinski definition) is 4. The number of esters is 1. The number of hydrogen-bond donors (Lipinski definition) is 2. The van der Waals surface area contributed by atoms with Crippen molar-refractivity contribution in [2.75, 3.05) is 6.61 Å². The summed E-state index contributed by atoms with van der Waals surface area (Å²) in [5, 5.41) is 9.52. The molecule has 0 aliphatic rings. The lowest BCUT2D eigenvalue weighted by molar-refractivity contribution is -0.344.